The Balaban J connectivity index is 1.61. The fraction of sp³-hybridized carbons (Fsp3) is 0.360. The molecule has 3 aromatic rings. The maximum absolute atomic E-state index is 13.3. The second-order valence-corrected chi connectivity index (χ2v) is 10.2. The Labute approximate surface area is 206 Å². The molecule has 9 nitrogen and oxygen atoms in total. The summed E-state index contributed by atoms with van der Waals surface area (Å²) >= 11 is 0. The van der Waals surface area contributed by atoms with Gasteiger partial charge in [0.1, 0.15) is 11.5 Å². The van der Waals surface area contributed by atoms with Gasteiger partial charge >= 0.3 is 5.56 Å². The minimum absolute atomic E-state index is 0.0351. The third-order valence-electron chi connectivity index (χ3n) is 6.25. The van der Waals surface area contributed by atoms with Gasteiger partial charge in [-0.05, 0) is 24.3 Å². The van der Waals surface area contributed by atoms with Crippen LogP contribution in [0.1, 0.15) is 10.4 Å². The van der Waals surface area contributed by atoms with E-state index < -0.39 is 10.9 Å². The first-order valence-electron chi connectivity index (χ1n) is 11.0. The quantitative estimate of drug-likeness (QED) is 0.518. The molecule has 1 N–H and O–H groups in total. The smallest absolute Gasteiger partial charge is 0.310 e. The lowest BCUT2D eigenvalue weighted by Crippen LogP contribution is -2.45. The average Bonchev–Trinajstić information content (AvgIpc) is 2.90. The topological polar surface area (TPSA) is 99.5 Å². The lowest BCUT2D eigenvalue weighted by atomic mass is 10.1. The fourth-order valence-electron chi connectivity index (χ4n) is 4.29. The summed E-state index contributed by atoms with van der Waals surface area (Å²) in [5.74, 6) is 3.02. The Kier molecular flexibility index (Phi) is 7.02. The predicted octanol–water partition coefficient (Wildman–Crippen LogP) is 2.41. The largest absolute Gasteiger partial charge is 0.503 e. The van der Waals surface area contributed by atoms with Crippen molar-refractivity contribution in [1.82, 2.24) is 9.47 Å². The van der Waals surface area contributed by atoms with Crippen LogP contribution < -0.4 is 24.5 Å². The predicted molar refractivity (Wildman–Crippen MR) is 135 cm³/mol. The third-order valence-corrected chi connectivity index (χ3v) is 8.55. The first kappa shape index (κ1) is 24.6. The van der Waals surface area contributed by atoms with Gasteiger partial charge in [0.05, 0.1) is 47.0 Å². The van der Waals surface area contributed by atoms with Gasteiger partial charge < -0.3 is 33.5 Å². The van der Waals surface area contributed by atoms with E-state index in [1.165, 1.54) is 25.9 Å². The van der Waals surface area contributed by atoms with Crippen molar-refractivity contribution in [2.24, 2.45) is 7.05 Å². The molecule has 1 saturated heterocycles. The van der Waals surface area contributed by atoms with E-state index in [4.69, 9.17) is 18.9 Å². The second kappa shape index (κ2) is 9.99. The highest BCUT2D eigenvalue weighted by Gasteiger charge is 2.37. The first-order chi connectivity index (χ1) is 16.8. The maximum Gasteiger partial charge on any atom is 0.310 e. The Hall–Kier alpha value is -3.53. The van der Waals surface area contributed by atoms with Crippen molar-refractivity contribution in [3.63, 3.8) is 0 Å². The van der Waals surface area contributed by atoms with E-state index in [1.807, 2.05) is 0 Å². The second-order valence-electron chi connectivity index (χ2n) is 8.03. The zero-order valence-electron chi connectivity index (χ0n) is 20.4. The Morgan fingerprint density at radius 1 is 0.886 bits per heavy atom. The van der Waals surface area contributed by atoms with Crippen LogP contribution in [-0.2, 0) is 17.9 Å². The van der Waals surface area contributed by atoms with E-state index in [-0.39, 0.29) is 17.2 Å². The fourth-order valence-corrected chi connectivity index (χ4v) is 6.56. The third kappa shape index (κ3) is 4.34. The number of aromatic nitrogens is 1. The average molecular weight is 502 g/mol. The normalized spacial score (nSPS) is 14.1. The zero-order valence-corrected chi connectivity index (χ0v) is 21.2. The number of hydrogen-bond acceptors (Lipinski definition) is 7. The van der Waals surface area contributed by atoms with Crippen molar-refractivity contribution >= 4 is 27.7 Å². The van der Waals surface area contributed by atoms with Crippen molar-refractivity contribution in [3.8, 4) is 28.7 Å². The number of amides is 1. The molecule has 1 amide bonds. The highest BCUT2D eigenvalue weighted by molar-refractivity contribution is 7.97. The lowest BCUT2D eigenvalue weighted by Gasteiger charge is -2.27. The SMILES string of the molecule is COc1ccc(C(=O)N2CC[S+](c3c(O)c4cc(OC)c(OC)cc4n(C)c3=O)CC2)cc1OC. The molecule has 0 aliphatic carbocycles. The number of nitrogens with zero attached hydrogens (tertiary/aromatic N) is 2. The van der Waals surface area contributed by atoms with Gasteiger partial charge in [0.25, 0.3) is 10.8 Å². The van der Waals surface area contributed by atoms with Gasteiger partial charge in [0.2, 0.25) is 0 Å². The molecular formula is C25H29N2O7S+. The van der Waals surface area contributed by atoms with Crippen molar-refractivity contribution in [2.75, 3.05) is 53.0 Å². The summed E-state index contributed by atoms with van der Waals surface area (Å²) < 4.78 is 22.8. The maximum atomic E-state index is 13.3. The number of rotatable bonds is 6. The van der Waals surface area contributed by atoms with Crippen LogP contribution in [0.15, 0.2) is 40.0 Å². The van der Waals surface area contributed by atoms with Gasteiger partial charge in [-0.1, -0.05) is 0 Å². The summed E-state index contributed by atoms with van der Waals surface area (Å²) in [6.45, 7) is 0.950. The highest BCUT2D eigenvalue weighted by atomic mass is 32.2. The first-order valence-corrected chi connectivity index (χ1v) is 12.6. The minimum Gasteiger partial charge on any atom is -0.503 e. The van der Waals surface area contributed by atoms with Gasteiger partial charge in [0, 0.05) is 35.0 Å². The molecule has 35 heavy (non-hydrogen) atoms. The van der Waals surface area contributed by atoms with Gasteiger partial charge in [0.15, 0.2) is 28.7 Å². The number of benzene rings is 2. The van der Waals surface area contributed by atoms with Gasteiger partial charge in [-0.15, -0.1) is 0 Å². The van der Waals surface area contributed by atoms with E-state index in [2.05, 4.69) is 0 Å². The van der Waals surface area contributed by atoms with Crippen LogP contribution in [0.2, 0.25) is 0 Å². The van der Waals surface area contributed by atoms with Gasteiger partial charge in [-0.25, -0.2) is 0 Å². The van der Waals surface area contributed by atoms with E-state index in [9.17, 15) is 14.7 Å². The van der Waals surface area contributed by atoms with Crippen LogP contribution in [0.4, 0.5) is 0 Å². The Morgan fingerprint density at radius 3 is 2.06 bits per heavy atom. The monoisotopic (exact) mass is 501 g/mol. The minimum atomic E-state index is -0.512. The Morgan fingerprint density at radius 2 is 1.46 bits per heavy atom. The summed E-state index contributed by atoms with van der Waals surface area (Å²) in [6, 6.07) is 8.46. The molecule has 0 atom stereocenters. The molecule has 4 rings (SSSR count). The molecule has 10 heteroatoms. The number of pyridine rings is 1. The van der Waals surface area contributed by atoms with Crippen molar-refractivity contribution in [3.05, 3.63) is 46.2 Å². The number of hydrogen-bond donors (Lipinski definition) is 1. The van der Waals surface area contributed by atoms with E-state index in [1.54, 1.807) is 49.4 Å². The number of aryl methyl sites for hydroxylation is 1. The number of ether oxygens (including phenoxy) is 4. The summed E-state index contributed by atoms with van der Waals surface area (Å²) in [7, 11) is 7.29. The molecule has 0 spiro atoms. The lowest BCUT2D eigenvalue weighted by molar-refractivity contribution is 0.0771. The summed E-state index contributed by atoms with van der Waals surface area (Å²) in [5, 5.41) is 11.7. The number of fused-ring (bicyclic) bond motifs is 1. The molecule has 0 saturated carbocycles. The molecular weight excluding hydrogens is 472 g/mol. The number of aromatic hydroxyl groups is 1. The van der Waals surface area contributed by atoms with E-state index in [0.29, 0.717) is 69.0 Å². The zero-order chi connectivity index (χ0) is 25.3. The number of carbonyl (C=O) groups excluding carboxylic acids is 1. The molecule has 1 aliphatic heterocycles. The Bertz CT molecular complexity index is 1330. The summed E-state index contributed by atoms with van der Waals surface area (Å²) in [6.07, 6.45) is 0. The standard InChI is InChI=1S/C25H28N2O7S/c1-26-17-14-21(34-5)20(33-4)13-16(17)22(28)23(25(26)30)35-10-8-27(9-11-35)24(29)15-6-7-18(31-2)19(12-15)32-3/h6-7,12-14H,8-11H2,1-5H3/p+1. The molecule has 186 valence electrons. The van der Waals surface area contributed by atoms with Crippen LogP contribution in [-0.4, -0.2) is 73.5 Å². The van der Waals surface area contributed by atoms with Crippen LogP contribution in [0.3, 0.4) is 0 Å². The van der Waals surface area contributed by atoms with Crippen molar-refractivity contribution < 1.29 is 28.8 Å². The molecule has 2 aromatic carbocycles. The number of methoxy groups -OCH3 is 4. The molecule has 2 heterocycles. The molecule has 0 radical (unpaired) electrons. The van der Waals surface area contributed by atoms with Crippen LogP contribution in [0.5, 0.6) is 28.7 Å². The summed E-state index contributed by atoms with van der Waals surface area (Å²) in [5.41, 5.74) is 0.819. The highest BCUT2D eigenvalue weighted by Crippen LogP contribution is 2.38. The van der Waals surface area contributed by atoms with Crippen LogP contribution in [0.25, 0.3) is 10.9 Å². The van der Waals surface area contributed by atoms with E-state index >= 15 is 0 Å². The van der Waals surface area contributed by atoms with Crippen LogP contribution in [0, 0.1) is 0 Å². The molecule has 1 aromatic heterocycles. The van der Waals surface area contributed by atoms with Crippen molar-refractivity contribution in [1.29, 1.82) is 0 Å². The molecule has 0 unspecified atom stereocenters. The van der Waals surface area contributed by atoms with Crippen molar-refractivity contribution in [2.45, 2.75) is 4.90 Å². The van der Waals surface area contributed by atoms with Gasteiger partial charge in [-0.2, -0.15) is 0 Å². The number of carbonyl (C=O) groups is 1. The molecule has 1 fully saturated rings. The summed E-state index contributed by atoms with van der Waals surface area (Å²) in [4.78, 5) is 28.5. The van der Waals surface area contributed by atoms with Crippen LogP contribution >= 0.6 is 0 Å². The molecule has 1 aliphatic rings. The van der Waals surface area contributed by atoms with Gasteiger partial charge in [-0.3, -0.25) is 9.59 Å². The molecule has 0 bridgehead atoms. The van der Waals surface area contributed by atoms with E-state index in [0.717, 1.165) is 0 Å².